The Morgan fingerprint density at radius 2 is 2.24 bits per heavy atom. The van der Waals surface area contributed by atoms with Gasteiger partial charge in [0.1, 0.15) is 5.56 Å². The minimum absolute atomic E-state index is 0.0424. The molecule has 0 saturated carbocycles. The summed E-state index contributed by atoms with van der Waals surface area (Å²) >= 11 is 7.19. The van der Waals surface area contributed by atoms with Crippen LogP contribution in [0, 0.1) is 10.1 Å². The fourth-order valence-electron chi connectivity index (χ4n) is 1.72. The molecule has 0 aliphatic heterocycles. The molecule has 0 aliphatic carbocycles. The average Bonchev–Trinajstić information content (AvgIpc) is 2.98. The van der Waals surface area contributed by atoms with Crippen LogP contribution < -0.4 is 5.32 Å². The standard InChI is InChI=1S/C13H11ClN2O4S/c14-9-1-2-11(16(19)20)10(5-9)13(18)15-6-12(17)8-3-4-21-7-8/h1-5,7,12,17H,6H2,(H,15,18). The number of aliphatic hydroxyl groups is 1. The fourth-order valence-corrected chi connectivity index (χ4v) is 2.60. The van der Waals surface area contributed by atoms with Crippen LogP contribution in [0.5, 0.6) is 0 Å². The van der Waals surface area contributed by atoms with Gasteiger partial charge in [-0.25, -0.2) is 0 Å². The highest BCUT2D eigenvalue weighted by atomic mass is 35.5. The van der Waals surface area contributed by atoms with Gasteiger partial charge < -0.3 is 10.4 Å². The Bertz CT molecular complexity index is 660. The Morgan fingerprint density at radius 1 is 1.48 bits per heavy atom. The first-order valence-corrected chi connectivity index (χ1v) is 7.23. The molecule has 1 aromatic carbocycles. The largest absolute Gasteiger partial charge is 0.387 e. The van der Waals surface area contributed by atoms with Crippen LogP contribution in [0.3, 0.4) is 0 Å². The number of nitrogens with zero attached hydrogens (tertiary/aromatic N) is 1. The van der Waals surface area contributed by atoms with Crippen LogP contribution >= 0.6 is 22.9 Å². The van der Waals surface area contributed by atoms with Gasteiger partial charge in [-0.15, -0.1) is 0 Å². The van der Waals surface area contributed by atoms with Crippen LogP contribution in [0.15, 0.2) is 35.0 Å². The molecule has 1 heterocycles. The predicted molar refractivity (Wildman–Crippen MR) is 79.7 cm³/mol. The van der Waals surface area contributed by atoms with E-state index in [1.165, 1.54) is 29.5 Å². The number of nitro benzene ring substituents is 1. The molecule has 1 unspecified atom stereocenters. The number of nitro groups is 1. The lowest BCUT2D eigenvalue weighted by Crippen LogP contribution is -2.28. The number of amides is 1. The molecular weight excluding hydrogens is 316 g/mol. The number of rotatable bonds is 5. The minimum atomic E-state index is -0.863. The fraction of sp³-hybridized carbons (Fsp3) is 0.154. The van der Waals surface area contributed by atoms with Crippen molar-refractivity contribution in [1.82, 2.24) is 5.32 Å². The van der Waals surface area contributed by atoms with Gasteiger partial charge in [-0.3, -0.25) is 14.9 Å². The Kier molecular flexibility index (Phi) is 4.89. The van der Waals surface area contributed by atoms with Crippen LogP contribution in [0.4, 0.5) is 5.69 Å². The maximum absolute atomic E-state index is 12.0. The van der Waals surface area contributed by atoms with Gasteiger partial charge in [0.05, 0.1) is 11.0 Å². The Labute approximate surface area is 129 Å². The number of hydrogen-bond donors (Lipinski definition) is 2. The monoisotopic (exact) mass is 326 g/mol. The molecule has 6 nitrogen and oxygen atoms in total. The first-order valence-electron chi connectivity index (χ1n) is 5.91. The van der Waals surface area contributed by atoms with Crippen molar-refractivity contribution < 1.29 is 14.8 Å². The molecule has 1 aromatic heterocycles. The summed E-state index contributed by atoms with van der Waals surface area (Å²) < 4.78 is 0. The molecule has 1 amide bonds. The van der Waals surface area contributed by atoms with E-state index in [1.807, 2.05) is 5.38 Å². The topological polar surface area (TPSA) is 92.5 Å². The zero-order valence-electron chi connectivity index (χ0n) is 10.7. The molecule has 2 aromatic rings. The quantitative estimate of drug-likeness (QED) is 0.652. The number of hydrogen-bond acceptors (Lipinski definition) is 5. The maximum Gasteiger partial charge on any atom is 0.282 e. The zero-order valence-corrected chi connectivity index (χ0v) is 12.2. The van der Waals surface area contributed by atoms with Gasteiger partial charge >= 0.3 is 0 Å². The SMILES string of the molecule is O=C(NCC(O)c1ccsc1)c1cc(Cl)ccc1[N+](=O)[O-]. The lowest BCUT2D eigenvalue weighted by atomic mass is 10.1. The zero-order chi connectivity index (χ0) is 15.4. The highest BCUT2D eigenvalue weighted by Gasteiger charge is 2.21. The number of aliphatic hydroxyl groups excluding tert-OH is 1. The van der Waals surface area contributed by atoms with Gasteiger partial charge in [-0.05, 0) is 34.5 Å². The number of nitrogens with one attached hydrogen (secondary N) is 1. The summed E-state index contributed by atoms with van der Waals surface area (Å²) in [4.78, 5) is 22.3. The van der Waals surface area contributed by atoms with E-state index in [-0.39, 0.29) is 22.8 Å². The van der Waals surface area contributed by atoms with E-state index in [2.05, 4.69) is 5.32 Å². The van der Waals surface area contributed by atoms with Crippen molar-refractivity contribution in [3.8, 4) is 0 Å². The maximum atomic E-state index is 12.0. The van der Waals surface area contributed by atoms with Gasteiger partial charge in [0.2, 0.25) is 0 Å². The first-order chi connectivity index (χ1) is 9.99. The van der Waals surface area contributed by atoms with Crippen LogP contribution in [0.1, 0.15) is 22.0 Å². The summed E-state index contributed by atoms with van der Waals surface area (Å²) in [6.07, 6.45) is -0.863. The molecule has 0 bridgehead atoms. The lowest BCUT2D eigenvalue weighted by Gasteiger charge is -2.10. The summed E-state index contributed by atoms with van der Waals surface area (Å²) in [5.41, 5.74) is 0.216. The van der Waals surface area contributed by atoms with E-state index < -0.39 is 16.9 Å². The third-order valence-electron chi connectivity index (χ3n) is 2.78. The number of thiophene rings is 1. The van der Waals surface area contributed by atoms with E-state index in [9.17, 15) is 20.0 Å². The van der Waals surface area contributed by atoms with E-state index in [4.69, 9.17) is 11.6 Å². The van der Waals surface area contributed by atoms with Crippen LogP contribution in [0.2, 0.25) is 5.02 Å². The van der Waals surface area contributed by atoms with Crippen molar-refractivity contribution in [2.45, 2.75) is 6.10 Å². The molecule has 0 saturated heterocycles. The summed E-state index contributed by atoms with van der Waals surface area (Å²) in [5, 5.41) is 27.0. The third-order valence-corrected chi connectivity index (χ3v) is 3.72. The van der Waals surface area contributed by atoms with E-state index in [1.54, 1.807) is 11.4 Å². The number of carbonyl (C=O) groups is 1. The second-order valence-electron chi connectivity index (χ2n) is 4.20. The highest BCUT2D eigenvalue weighted by Crippen LogP contribution is 2.23. The average molecular weight is 327 g/mol. The Morgan fingerprint density at radius 3 is 2.86 bits per heavy atom. The van der Waals surface area contributed by atoms with E-state index in [0.29, 0.717) is 5.56 Å². The van der Waals surface area contributed by atoms with Crippen LogP contribution in [0.25, 0.3) is 0 Å². The molecule has 21 heavy (non-hydrogen) atoms. The molecule has 0 fully saturated rings. The summed E-state index contributed by atoms with van der Waals surface area (Å²) in [7, 11) is 0. The van der Waals surface area contributed by atoms with Gasteiger partial charge in [-0.2, -0.15) is 11.3 Å². The Hall–Kier alpha value is -1.96. The predicted octanol–water partition coefficient (Wildman–Crippen LogP) is 2.77. The van der Waals surface area contributed by atoms with Crippen molar-refractivity contribution in [2.75, 3.05) is 6.54 Å². The van der Waals surface area contributed by atoms with Gasteiger partial charge in [0, 0.05) is 17.6 Å². The van der Waals surface area contributed by atoms with E-state index in [0.717, 1.165) is 0 Å². The van der Waals surface area contributed by atoms with Gasteiger partial charge in [0.25, 0.3) is 11.6 Å². The second kappa shape index (κ2) is 6.66. The van der Waals surface area contributed by atoms with Crippen molar-refractivity contribution >= 4 is 34.5 Å². The normalized spacial score (nSPS) is 11.9. The molecule has 8 heteroatoms. The lowest BCUT2D eigenvalue weighted by molar-refractivity contribution is -0.385. The molecule has 1 atom stereocenters. The van der Waals surface area contributed by atoms with E-state index >= 15 is 0 Å². The van der Waals surface area contributed by atoms with Gasteiger partial charge in [0.15, 0.2) is 0 Å². The van der Waals surface area contributed by atoms with Crippen molar-refractivity contribution in [3.05, 3.63) is 61.3 Å². The van der Waals surface area contributed by atoms with Crippen molar-refractivity contribution in [3.63, 3.8) is 0 Å². The molecule has 110 valence electrons. The van der Waals surface area contributed by atoms with Crippen molar-refractivity contribution in [2.24, 2.45) is 0 Å². The molecular formula is C13H11ClN2O4S. The molecule has 0 spiro atoms. The number of carbonyl (C=O) groups excluding carboxylic acids is 1. The molecule has 2 N–H and O–H groups in total. The van der Waals surface area contributed by atoms with Crippen molar-refractivity contribution in [1.29, 1.82) is 0 Å². The Balaban J connectivity index is 2.10. The van der Waals surface area contributed by atoms with Gasteiger partial charge in [-0.1, -0.05) is 11.6 Å². The van der Waals surface area contributed by atoms with Crippen LogP contribution in [-0.2, 0) is 0 Å². The summed E-state index contributed by atoms with van der Waals surface area (Å²) in [6, 6.07) is 5.48. The summed E-state index contributed by atoms with van der Waals surface area (Å²) in [6.45, 7) is -0.0424. The number of benzene rings is 1. The molecule has 0 radical (unpaired) electrons. The highest BCUT2D eigenvalue weighted by molar-refractivity contribution is 7.07. The second-order valence-corrected chi connectivity index (χ2v) is 5.42. The minimum Gasteiger partial charge on any atom is -0.387 e. The molecule has 0 aliphatic rings. The first kappa shape index (κ1) is 15.4. The van der Waals surface area contributed by atoms with Crippen LogP contribution in [-0.4, -0.2) is 22.5 Å². The molecule has 2 rings (SSSR count). The smallest absolute Gasteiger partial charge is 0.282 e. The third kappa shape index (κ3) is 3.78. The number of halogens is 1. The summed E-state index contributed by atoms with van der Waals surface area (Å²) in [5.74, 6) is -0.654.